The Morgan fingerprint density at radius 1 is 1.10 bits per heavy atom. The highest BCUT2D eigenvalue weighted by Crippen LogP contribution is 2.22. The number of ether oxygens (including phenoxy) is 1. The van der Waals surface area contributed by atoms with E-state index in [1.165, 1.54) is 11.1 Å². The van der Waals surface area contributed by atoms with Crippen molar-refractivity contribution >= 4 is 23.6 Å². The molecule has 1 atom stereocenters. The van der Waals surface area contributed by atoms with E-state index >= 15 is 0 Å². The highest BCUT2D eigenvalue weighted by Gasteiger charge is 2.32. The molecule has 152 valence electrons. The van der Waals surface area contributed by atoms with E-state index in [0.717, 1.165) is 30.0 Å². The van der Waals surface area contributed by atoms with Crippen LogP contribution in [0.2, 0.25) is 0 Å². The Labute approximate surface area is 170 Å². The quantitative estimate of drug-likeness (QED) is 0.794. The van der Waals surface area contributed by atoms with Gasteiger partial charge >= 0.3 is 6.09 Å². The van der Waals surface area contributed by atoms with E-state index in [-0.39, 0.29) is 11.9 Å². The molecule has 0 aliphatic carbocycles. The minimum Gasteiger partial charge on any atom is -0.447 e. The number of anilines is 2. The first-order chi connectivity index (χ1) is 13.9. The van der Waals surface area contributed by atoms with Crippen LogP contribution in [0.3, 0.4) is 0 Å². The van der Waals surface area contributed by atoms with Gasteiger partial charge < -0.3 is 14.5 Å². The maximum Gasteiger partial charge on any atom is 0.415 e. The molecule has 4 heterocycles. The number of hydrogen-bond donors (Lipinski definition) is 0. The van der Waals surface area contributed by atoms with Crippen LogP contribution in [-0.2, 0) is 4.74 Å². The second-order valence-electron chi connectivity index (χ2n) is 7.63. The second kappa shape index (κ2) is 7.69. The van der Waals surface area contributed by atoms with Crippen LogP contribution in [0, 0.1) is 13.8 Å². The SMILES string of the molecule is Cc1cnc(N2CCN(C(=O)c3ccc(N4C(=O)OCC4C)nc3)CC2)c(C)c1. The van der Waals surface area contributed by atoms with Crippen molar-refractivity contribution < 1.29 is 14.3 Å². The summed E-state index contributed by atoms with van der Waals surface area (Å²) in [5.74, 6) is 1.44. The molecule has 2 aliphatic rings. The predicted molar refractivity (Wildman–Crippen MR) is 109 cm³/mol. The van der Waals surface area contributed by atoms with Gasteiger partial charge in [-0.2, -0.15) is 0 Å². The van der Waals surface area contributed by atoms with Gasteiger partial charge in [0.15, 0.2) is 0 Å². The van der Waals surface area contributed by atoms with Gasteiger partial charge in [-0.25, -0.2) is 14.8 Å². The van der Waals surface area contributed by atoms with Crippen LogP contribution < -0.4 is 9.80 Å². The highest BCUT2D eigenvalue weighted by molar-refractivity contribution is 5.95. The summed E-state index contributed by atoms with van der Waals surface area (Å²) in [6.45, 7) is 9.09. The van der Waals surface area contributed by atoms with E-state index in [1.54, 1.807) is 12.1 Å². The Kier molecular flexibility index (Phi) is 5.08. The van der Waals surface area contributed by atoms with Crippen LogP contribution in [0.15, 0.2) is 30.6 Å². The zero-order valence-electron chi connectivity index (χ0n) is 17.0. The number of pyridine rings is 2. The summed E-state index contributed by atoms with van der Waals surface area (Å²) >= 11 is 0. The van der Waals surface area contributed by atoms with Gasteiger partial charge in [0.1, 0.15) is 18.2 Å². The number of rotatable bonds is 3. The number of aryl methyl sites for hydroxylation is 2. The lowest BCUT2D eigenvalue weighted by Gasteiger charge is -2.36. The average Bonchev–Trinajstić information content (AvgIpc) is 3.06. The van der Waals surface area contributed by atoms with Crippen molar-refractivity contribution in [1.29, 1.82) is 0 Å². The number of carbonyl (C=O) groups excluding carboxylic acids is 2. The maximum atomic E-state index is 12.9. The second-order valence-corrected chi connectivity index (χ2v) is 7.63. The third-order valence-electron chi connectivity index (χ3n) is 5.38. The summed E-state index contributed by atoms with van der Waals surface area (Å²) in [4.78, 5) is 39.1. The molecule has 0 radical (unpaired) electrons. The van der Waals surface area contributed by atoms with Crippen molar-refractivity contribution in [1.82, 2.24) is 14.9 Å². The van der Waals surface area contributed by atoms with Gasteiger partial charge in [-0.15, -0.1) is 0 Å². The summed E-state index contributed by atoms with van der Waals surface area (Å²) < 4.78 is 5.03. The molecule has 0 N–H and O–H groups in total. The monoisotopic (exact) mass is 395 g/mol. The molecule has 2 amide bonds. The van der Waals surface area contributed by atoms with Gasteiger partial charge in [-0.05, 0) is 44.0 Å². The van der Waals surface area contributed by atoms with E-state index in [2.05, 4.69) is 27.9 Å². The smallest absolute Gasteiger partial charge is 0.415 e. The lowest BCUT2D eigenvalue weighted by Crippen LogP contribution is -2.49. The molecular weight excluding hydrogens is 370 g/mol. The predicted octanol–water partition coefficient (Wildman–Crippen LogP) is 2.40. The number of cyclic esters (lactones) is 1. The lowest BCUT2D eigenvalue weighted by atomic mass is 10.2. The topological polar surface area (TPSA) is 78.9 Å². The summed E-state index contributed by atoms with van der Waals surface area (Å²) in [5, 5.41) is 0. The Balaban J connectivity index is 1.40. The van der Waals surface area contributed by atoms with Crippen molar-refractivity contribution in [3.63, 3.8) is 0 Å². The fraction of sp³-hybridized carbons (Fsp3) is 0.429. The van der Waals surface area contributed by atoms with E-state index in [0.29, 0.717) is 31.1 Å². The van der Waals surface area contributed by atoms with Crippen molar-refractivity contribution in [3.8, 4) is 0 Å². The van der Waals surface area contributed by atoms with Gasteiger partial charge in [0.25, 0.3) is 5.91 Å². The molecule has 2 aromatic heterocycles. The van der Waals surface area contributed by atoms with Crippen molar-refractivity contribution in [2.75, 3.05) is 42.6 Å². The van der Waals surface area contributed by atoms with Crippen molar-refractivity contribution in [3.05, 3.63) is 47.3 Å². The minimum absolute atomic E-state index is 0.0469. The molecule has 2 fully saturated rings. The van der Waals surface area contributed by atoms with E-state index in [1.807, 2.05) is 24.9 Å². The molecule has 8 nitrogen and oxygen atoms in total. The van der Waals surface area contributed by atoms with Gasteiger partial charge in [-0.3, -0.25) is 9.69 Å². The van der Waals surface area contributed by atoms with Gasteiger partial charge in [-0.1, -0.05) is 6.07 Å². The molecule has 0 saturated carbocycles. The molecule has 4 rings (SSSR count). The summed E-state index contributed by atoms with van der Waals surface area (Å²) in [6.07, 6.45) is 3.01. The number of piperazine rings is 1. The molecule has 29 heavy (non-hydrogen) atoms. The summed E-state index contributed by atoms with van der Waals surface area (Å²) in [6, 6.07) is 5.49. The number of hydrogen-bond acceptors (Lipinski definition) is 6. The Hall–Kier alpha value is -3.16. The Morgan fingerprint density at radius 3 is 2.45 bits per heavy atom. The van der Waals surface area contributed by atoms with Crippen LogP contribution >= 0.6 is 0 Å². The fourth-order valence-corrected chi connectivity index (χ4v) is 3.83. The number of nitrogens with zero attached hydrogens (tertiary/aromatic N) is 5. The van der Waals surface area contributed by atoms with Crippen molar-refractivity contribution in [2.24, 2.45) is 0 Å². The summed E-state index contributed by atoms with van der Waals surface area (Å²) in [7, 11) is 0. The van der Waals surface area contributed by atoms with E-state index < -0.39 is 6.09 Å². The number of amides is 2. The van der Waals surface area contributed by atoms with Crippen LogP contribution in [0.25, 0.3) is 0 Å². The molecule has 8 heteroatoms. The van der Waals surface area contributed by atoms with Crippen LogP contribution in [0.5, 0.6) is 0 Å². The maximum absolute atomic E-state index is 12.9. The zero-order chi connectivity index (χ0) is 20.5. The molecule has 2 aliphatic heterocycles. The van der Waals surface area contributed by atoms with Crippen molar-refractivity contribution in [2.45, 2.75) is 26.8 Å². The van der Waals surface area contributed by atoms with Crippen LogP contribution in [0.4, 0.5) is 16.4 Å². The minimum atomic E-state index is -0.403. The van der Waals surface area contributed by atoms with E-state index in [9.17, 15) is 9.59 Å². The van der Waals surface area contributed by atoms with Gasteiger partial charge in [0.2, 0.25) is 0 Å². The summed E-state index contributed by atoms with van der Waals surface area (Å²) in [5.41, 5.74) is 2.82. The first kappa shape index (κ1) is 19.2. The Morgan fingerprint density at radius 2 is 1.86 bits per heavy atom. The molecule has 2 saturated heterocycles. The molecular formula is C21H25N5O3. The van der Waals surface area contributed by atoms with Crippen LogP contribution in [0.1, 0.15) is 28.4 Å². The first-order valence-electron chi connectivity index (χ1n) is 9.83. The molecule has 0 bridgehead atoms. The first-order valence-corrected chi connectivity index (χ1v) is 9.83. The average molecular weight is 395 g/mol. The van der Waals surface area contributed by atoms with Crippen LogP contribution in [-0.4, -0.2) is 65.7 Å². The number of aromatic nitrogens is 2. The largest absolute Gasteiger partial charge is 0.447 e. The van der Waals surface area contributed by atoms with E-state index in [4.69, 9.17) is 4.74 Å². The third-order valence-corrected chi connectivity index (χ3v) is 5.38. The zero-order valence-corrected chi connectivity index (χ0v) is 17.0. The standard InChI is InChI=1S/C21H25N5O3/c1-14-10-15(2)19(23-11-14)24-6-8-25(9-7-24)20(27)17-4-5-18(22-12-17)26-16(3)13-29-21(26)28/h4-5,10-12,16H,6-9,13H2,1-3H3. The fourth-order valence-electron chi connectivity index (χ4n) is 3.83. The molecule has 0 aromatic carbocycles. The highest BCUT2D eigenvalue weighted by atomic mass is 16.6. The normalized spacial score (nSPS) is 19.5. The van der Waals surface area contributed by atoms with Gasteiger partial charge in [0, 0.05) is 38.6 Å². The number of carbonyl (C=O) groups is 2. The third kappa shape index (κ3) is 3.74. The molecule has 0 spiro atoms. The molecule has 1 unspecified atom stereocenters. The molecule has 2 aromatic rings. The van der Waals surface area contributed by atoms with Gasteiger partial charge in [0.05, 0.1) is 11.6 Å². The lowest BCUT2D eigenvalue weighted by molar-refractivity contribution is 0.0746. The Bertz CT molecular complexity index is 922.